The van der Waals surface area contributed by atoms with Crippen molar-refractivity contribution in [1.29, 1.82) is 0 Å². The molecule has 0 heterocycles. The van der Waals surface area contributed by atoms with E-state index in [1.807, 2.05) is 0 Å². The van der Waals surface area contributed by atoms with Crippen LogP contribution in [0.3, 0.4) is 0 Å². The third-order valence-electron chi connectivity index (χ3n) is 2.88. The minimum atomic E-state index is -3.61. The summed E-state index contributed by atoms with van der Waals surface area (Å²) in [4.78, 5) is 11.6. The van der Waals surface area contributed by atoms with Gasteiger partial charge in [0.2, 0.25) is 9.84 Å². The van der Waals surface area contributed by atoms with E-state index in [0.29, 0.717) is 11.4 Å². The third kappa shape index (κ3) is 3.56. The molecular formula is C15H16N2O4S. The second-order valence-electron chi connectivity index (χ2n) is 4.44. The van der Waals surface area contributed by atoms with Crippen molar-refractivity contribution in [1.82, 2.24) is 0 Å². The first-order valence-corrected chi connectivity index (χ1v) is 8.06. The molecule has 0 bridgehead atoms. The van der Waals surface area contributed by atoms with Crippen LogP contribution in [0.1, 0.15) is 6.92 Å². The molecule has 0 spiro atoms. The first-order chi connectivity index (χ1) is 10.4. The quantitative estimate of drug-likeness (QED) is 0.844. The van der Waals surface area contributed by atoms with E-state index in [2.05, 4.69) is 5.32 Å². The van der Waals surface area contributed by atoms with Crippen LogP contribution in [0.15, 0.2) is 58.3 Å². The number of nitrogen functional groups attached to an aromatic ring is 1. The predicted octanol–water partition coefficient (Wildman–Crippen LogP) is 2.67. The van der Waals surface area contributed by atoms with Gasteiger partial charge in [-0.1, -0.05) is 0 Å². The Hall–Kier alpha value is -2.54. The molecule has 2 rings (SSSR count). The normalized spacial score (nSPS) is 11.0. The van der Waals surface area contributed by atoms with Crippen molar-refractivity contribution in [2.24, 2.45) is 0 Å². The average molecular weight is 320 g/mol. The molecule has 0 saturated heterocycles. The summed E-state index contributed by atoms with van der Waals surface area (Å²) in [5, 5.41) is 2.50. The maximum Gasteiger partial charge on any atom is 0.411 e. The number of rotatable bonds is 4. The molecule has 22 heavy (non-hydrogen) atoms. The van der Waals surface area contributed by atoms with Crippen LogP contribution in [0.25, 0.3) is 0 Å². The van der Waals surface area contributed by atoms with Crippen LogP contribution in [0.5, 0.6) is 0 Å². The molecule has 7 heteroatoms. The van der Waals surface area contributed by atoms with Crippen LogP contribution in [0.4, 0.5) is 16.2 Å². The number of hydrogen-bond donors (Lipinski definition) is 2. The molecule has 2 aromatic rings. The minimum absolute atomic E-state index is 0.131. The van der Waals surface area contributed by atoms with E-state index in [1.54, 1.807) is 6.92 Å². The van der Waals surface area contributed by atoms with Gasteiger partial charge >= 0.3 is 6.09 Å². The van der Waals surface area contributed by atoms with Crippen molar-refractivity contribution < 1.29 is 17.9 Å². The first kappa shape index (κ1) is 15.8. The molecule has 0 aliphatic heterocycles. The Morgan fingerprint density at radius 2 is 1.55 bits per heavy atom. The average Bonchev–Trinajstić information content (AvgIpc) is 2.48. The Kier molecular flexibility index (Phi) is 4.67. The predicted molar refractivity (Wildman–Crippen MR) is 83.4 cm³/mol. The van der Waals surface area contributed by atoms with Crippen LogP contribution in [0, 0.1) is 0 Å². The van der Waals surface area contributed by atoms with Gasteiger partial charge in [-0.25, -0.2) is 13.2 Å². The molecule has 0 unspecified atom stereocenters. The summed E-state index contributed by atoms with van der Waals surface area (Å²) in [5.41, 5.74) is 6.50. The second-order valence-corrected chi connectivity index (χ2v) is 6.39. The largest absolute Gasteiger partial charge is 0.450 e. The summed E-state index contributed by atoms with van der Waals surface area (Å²) >= 11 is 0. The number of amides is 1. The van der Waals surface area contributed by atoms with E-state index in [9.17, 15) is 13.2 Å². The van der Waals surface area contributed by atoms with Gasteiger partial charge in [-0.2, -0.15) is 0 Å². The van der Waals surface area contributed by atoms with Crippen molar-refractivity contribution in [3.8, 4) is 0 Å². The van der Waals surface area contributed by atoms with E-state index < -0.39 is 15.9 Å². The highest BCUT2D eigenvalue weighted by Gasteiger charge is 2.17. The molecule has 6 nitrogen and oxygen atoms in total. The Bertz CT molecular complexity index is 753. The lowest BCUT2D eigenvalue weighted by molar-refractivity contribution is 0.168. The molecule has 0 atom stereocenters. The number of carbonyl (C=O) groups is 1. The molecule has 0 fully saturated rings. The van der Waals surface area contributed by atoms with E-state index in [4.69, 9.17) is 10.5 Å². The maximum absolute atomic E-state index is 12.4. The van der Waals surface area contributed by atoms with Gasteiger partial charge in [-0.3, -0.25) is 5.32 Å². The number of carbonyl (C=O) groups excluding carboxylic acids is 1. The summed E-state index contributed by atoms with van der Waals surface area (Å²) < 4.78 is 29.6. The van der Waals surface area contributed by atoms with Crippen LogP contribution in [-0.2, 0) is 14.6 Å². The lowest BCUT2D eigenvalue weighted by Gasteiger charge is -2.08. The SMILES string of the molecule is CCOC(=O)Nc1ccc(S(=O)(=O)c2ccc(N)cc2)cc1. The van der Waals surface area contributed by atoms with E-state index >= 15 is 0 Å². The van der Waals surface area contributed by atoms with Crippen molar-refractivity contribution in [3.63, 3.8) is 0 Å². The zero-order chi connectivity index (χ0) is 16.2. The number of benzene rings is 2. The molecule has 0 saturated carbocycles. The van der Waals surface area contributed by atoms with Crippen molar-refractivity contribution in [2.45, 2.75) is 16.7 Å². The van der Waals surface area contributed by atoms with Crippen LogP contribution < -0.4 is 11.1 Å². The van der Waals surface area contributed by atoms with Gasteiger partial charge in [0, 0.05) is 11.4 Å². The third-order valence-corrected chi connectivity index (χ3v) is 4.66. The number of hydrogen-bond acceptors (Lipinski definition) is 5. The molecule has 0 radical (unpaired) electrons. The number of sulfone groups is 1. The number of nitrogens with one attached hydrogen (secondary N) is 1. The molecule has 0 aliphatic rings. The lowest BCUT2D eigenvalue weighted by Crippen LogP contribution is -2.13. The molecule has 1 amide bonds. The van der Waals surface area contributed by atoms with Gasteiger partial charge in [-0.05, 0) is 55.5 Å². The van der Waals surface area contributed by atoms with Crippen molar-refractivity contribution in [3.05, 3.63) is 48.5 Å². The van der Waals surface area contributed by atoms with E-state index in [1.165, 1.54) is 48.5 Å². The van der Waals surface area contributed by atoms with Crippen molar-refractivity contribution in [2.75, 3.05) is 17.7 Å². The lowest BCUT2D eigenvalue weighted by atomic mass is 10.3. The Balaban J connectivity index is 2.22. The van der Waals surface area contributed by atoms with Gasteiger partial charge in [0.1, 0.15) is 0 Å². The van der Waals surface area contributed by atoms with Gasteiger partial charge in [0.15, 0.2) is 0 Å². The molecule has 2 aromatic carbocycles. The highest BCUT2D eigenvalue weighted by molar-refractivity contribution is 7.91. The van der Waals surface area contributed by atoms with Crippen LogP contribution in [0.2, 0.25) is 0 Å². The van der Waals surface area contributed by atoms with Gasteiger partial charge in [0.25, 0.3) is 0 Å². The molecule has 0 aliphatic carbocycles. The number of nitrogens with two attached hydrogens (primary N) is 1. The fourth-order valence-electron chi connectivity index (χ4n) is 1.79. The van der Waals surface area contributed by atoms with Crippen LogP contribution in [-0.4, -0.2) is 21.1 Å². The smallest absolute Gasteiger partial charge is 0.411 e. The summed E-state index contributed by atoms with van der Waals surface area (Å²) in [5.74, 6) is 0. The van der Waals surface area contributed by atoms with Gasteiger partial charge < -0.3 is 10.5 Å². The standard InChI is InChI=1S/C15H16N2O4S/c1-2-21-15(18)17-12-5-9-14(10-6-12)22(19,20)13-7-3-11(16)4-8-13/h3-10H,2,16H2,1H3,(H,17,18). The zero-order valence-corrected chi connectivity index (χ0v) is 12.8. The monoisotopic (exact) mass is 320 g/mol. The summed E-state index contributed by atoms with van der Waals surface area (Å²) in [6, 6.07) is 11.8. The highest BCUT2D eigenvalue weighted by Crippen LogP contribution is 2.23. The fourth-order valence-corrected chi connectivity index (χ4v) is 3.05. The molecule has 3 N–H and O–H groups in total. The molecule has 116 valence electrons. The molecular weight excluding hydrogens is 304 g/mol. The van der Waals surface area contributed by atoms with E-state index in [-0.39, 0.29) is 16.4 Å². The van der Waals surface area contributed by atoms with Gasteiger partial charge in [0.05, 0.1) is 16.4 Å². The summed E-state index contributed by atoms with van der Waals surface area (Å²) in [6.07, 6.45) is -0.586. The maximum atomic E-state index is 12.4. The van der Waals surface area contributed by atoms with Crippen molar-refractivity contribution >= 4 is 27.3 Å². The Morgan fingerprint density at radius 1 is 1.05 bits per heavy atom. The second kappa shape index (κ2) is 6.48. The summed E-state index contributed by atoms with van der Waals surface area (Å²) in [6.45, 7) is 1.96. The fraction of sp³-hybridized carbons (Fsp3) is 0.133. The van der Waals surface area contributed by atoms with Gasteiger partial charge in [-0.15, -0.1) is 0 Å². The Morgan fingerprint density at radius 3 is 2.05 bits per heavy atom. The zero-order valence-electron chi connectivity index (χ0n) is 11.9. The van der Waals surface area contributed by atoms with E-state index in [0.717, 1.165) is 0 Å². The van der Waals surface area contributed by atoms with Crippen LogP contribution >= 0.6 is 0 Å². The number of anilines is 2. The number of ether oxygens (including phenoxy) is 1. The topological polar surface area (TPSA) is 98.5 Å². The molecule has 0 aromatic heterocycles. The minimum Gasteiger partial charge on any atom is -0.450 e. The Labute approximate surface area is 128 Å². The summed E-state index contributed by atoms with van der Waals surface area (Å²) in [7, 11) is -3.61. The highest BCUT2D eigenvalue weighted by atomic mass is 32.2. The first-order valence-electron chi connectivity index (χ1n) is 6.58.